The Morgan fingerprint density at radius 2 is 1.87 bits per heavy atom. The van der Waals surface area contributed by atoms with Gasteiger partial charge in [-0.1, -0.05) is 6.07 Å². The van der Waals surface area contributed by atoms with Crippen molar-refractivity contribution in [2.45, 2.75) is 45.1 Å². The van der Waals surface area contributed by atoms with Crippen molar-refractivity contribution in [3.05, 3.63) is 56.9 Å². The number of fused-ring (bicyclic) bond motifs is 1. The molecule has 31 heavy (non-hydrogen) atoms. The van der Waals surface area contributed by atoms with Gasteiger partial charge in [-0.3, -0.25) is 19.0 Å². The molecule has 9 heteroatoms. The van der Waals surface area contributed by atoms with Gasteiger partial charge in [0.25, 0.3) is 5.56 Å². The maximum atomic E-state index is 12.3. The highest BCUT2D eigenvalue weighted by Gasteiger charge is 2.28. The Bertz CT molecular complexity index is 1240. The lowest BCUT2D eigenvalue weighted by molar-refractivity contribution is 0.0205. The summed E-state index contributed by atoms with van der Waals surface area (Å²) in [4.78, 5) is 39.9. The van der Waals surface area contributed by atoms with Crippen molar-refractivity contribution < 1.29 is 9.53 Å². The van der Waals surface area contributed by atoms with E-state index in [1.165, 1.54) is 22.4 Å². The normalized spacial score (nSPS) is 15.4. The van der Waals surface area contributed by atoms with Crippen LogP contribution in [0.4, 0.5) is 4.79 Å². The number of likely N-dealkylation sites (tertiary alicyclic amines) is 1. The van der Waals surface area contributed by atoms with Crippen molar-refractivity contribution in [3.63, 3.8) is 0 Å². The molecule has 2 aromatic heterocycles. The van der Waals surface area contributed by atoms with Crippen LogP contribution in [0.1, 0.15) is 45.1 Å². The Balaban J connectivity index is 1.56. The zero-order valence-electron chi connectivity index (χ0n) is 18.2. The highest BCUT2D eigenvalue weighted by Crippen LogP contribution is 2.32. The Labute approximate surface area is 179 Å². The molecular weight excluding hydrogens is 398 g/mol. The number of hydrogen-bond donors (Lipinski definition) is 1. The molecule has 164 valence electrons. The summed E-state index contributed by atoms with van der Waals surface area (Å²) < 4.78 is 8.55. The Morgan fingerprint density at radius 1 is 1.16 bits per heavy atom. The van der Waals surface area contributed by atoms with Gasteiger partial charge in [-0.25, -0.2) is 9.59 Å². The minimum atomic E-state index is -0.522. The van der Waals surface area contributed by atoms with Crippen molar-refractivity contribution in [2.24, 2.45) is 7.05 Å². The smallest absolute Gasteiger partial charge is 0.410 e. The maximum Gasteiger partial charge on any atom is 0.410 e. The Hall–Kier alpha value is -3.36. The van der Waals surface area contributed by atoms with Crippen LogP contribution < -0.4 is 11.2 Å². The molecule has 1 amide bonds. The number of amides is 1. The number of hydrogen-bond acceptors (Lipinski definition) is 5. The molecule has 0 bridgehead atoms. The summed E-state index contributed by atoms with van der Waals surface area (Å²) in [6.07, 6.45) is 2.89. The summed E-state index contributed by atoms with van der Waals surface area (Å²) in [5.74, 6) is 0.808. The van der Waals surface area contributed by atoms with E-state index in [0.717, 1.165) is 23.7 Å². The molecule has 0 aliphatic carbocycles. The number of nitrogens with one attached hydrogen (secondary N) is 1. The van der Waals surface area contributed by atoms with Gasteiger partial charge < -0.3 is 9.64 Å². The standard InChI is InChI=1S/C22H27N5O4/c1-22(2,3)31-21(30)26-10-7-14(8-11-26)15-5-6-16-17(13-15)25(4)24-19(16)27-12-9-18(28)23-20(27)29/h5-6,9,12-14H,7-8,10-11H2,1-4H3,(H,23,28,29). The first kappa shape index (κ1) is 20.9. The molecule has 3 aromatic rings. The van der Waals surface area contributed by atoms with E-state index in [4.69, 9.17) is 4.74 Å². The highest BCUT2D eigenvalue weighted by atomic mass is 16.6. The quantitative estimate of drug-likeness (QED) is 0.680. The Morgan fingerprint density at radius 3 is 2.52 bits per heavy atom. The molecule has 1 fully saturated rings. The van der Waals surface area contributed by atoms with E-state index in [0.29, 0.717) is 24.8 Å². The molecule has 1 aromatic carbocycles. The summed E-state index contributed by atoms with van der Waals surface area (Å²) in [6, 6.07) is 7.41. The molecule has 0 atom stereocenters. The number of aromatic amines is 1. The largest absolute Gasteiger partial charge is 0.444 e. The summed E-state index contributed by atoms with van der Waals surface area (Å²) in [7, 11) is 1.83. The van der Waals surface area contributed by atoms with Crippen molar-refractivity contribution in [1.29, 1.82) is 0 Å². The van der Waals surface area contributed by atoms with Crippen LogP contribution in [0.3, 0.4) is 0 Å². The second-order valence-electron chi connectivity index (χ2n) is 8.95. The second-order valence-corrected chi connectivity index (χ2v) is 8.95. The SMILES string of the molecule is Cn1nc(-n2ccc(=O)[nH]c2=O)c2ccc(C3CCN(C(=O)OC(C)(C)C)CC3)cc21. The number of nitrogens with zero attached hydrogens (tertiary/aromatic N) is 4. The van der Waals surface area contributed by atoms with Crippen LogP contribution in [0.5, 0.6) is 0 Å². The third-order valence-corrected chi connectivity index (χ3v) is 5.53. The van der Waals surface area contributed by atoms with E-state index in [-0.39, 0.29) is 6.09 Å². The lowest BCUT2D eigenvalue weighted by atomic mass is 9.89. The van der Waals surface area contributed by atoms with Crippen LogP contribution in [0, 0.1) is 0 Å². The van der Waals surface area contributed by atoms with Gasteiger partial charge in [-0.2, -0.15) is 5.10 Å². The molecule has 1 aliphatic rings. The second kappa shape index (κ2) is 7.72. The molecular formula is C22H27N5O4. The number of carbonyl (C=O) groups is 1. The van der Waals surface area contributed by atoms with Gasteiger partial charge in [-0.05, 0) is 57.2 Å². The third-order valence-electron chi connectivity index (χ3n) is 5.53. The number of piperidine rings is 1. The van der Waals surface area contributed by atoms with Crippen molar-refractivity contribution in [1.82, 2.24) is 24.2 Å². The van der Waals surface area contributed by atoms with Crippen LogP contribution in [0.2, 0.25) is 0 Å². The van der Waals surface area contributed by atoms with E-state index in [1.807, 2.05) is 33.9 Å². The number of ether oxygens (including phenoxy) is 1. The molecule has 0 radical (unpaired) electrons. The highest BCUT2D eigenvalue weighted by molar-refractivity contribution is 5.87. The molecule has 0 unspecified atom stereocenters. The van der Waals surface area contributed by atoms with Gasteiger partial charge in [0.2, 0.25) is 0 Å². The maximum absolute atomic E-state index is 12.3. The zero-order chi connectivity index (χ0) is 22.3. The van der Waals surface area contributed by atoms with Gasteiger partial charge >= 0.3 is 11.8 Å². The fourth-order valence-electron chi connectivity index (χ4n) is 3.99. The molecule has 0 spiro atoms. The molecule has 0 saturated carbocycles. The molecule has 4 rings (SSSR count). The van der Waals surface area contributed by atoms with Crippen molar-refractivity contribution >= 4 is 17.0 Å². The van der Waals surface area contributed by atoms with E-state index in [2.05, 4.69) is 22.2 Å². The lowest BCUT2D eigenvalue weighted by Crippen LogP contribution is -2.41. The molecule has 1 aliphatic heterocycles. The third kappa shape index (κ3) is 4.26. The van der Waals surface area contributed by atoms with Crippen LogP contribution in [0.15, 0.2) is 40.1 Å². The number of aromatic nitrogens is 4. The van der Waals surface area contributed by atoms with E-state index in [9.17, 15) is 14.4 Å². The van der Waals surface area contributed by atoms with Crippen LogP contribution in [-0.4, -0.2) is 49.0 Å². The minimum absolute atomic E-state index is 0.260. The topological polar surface area (TPSA) is 102 Å². The fourth-order valence-corrected chi connectivity index (χ4v) is 3.99. The first-order chi connectivity index (χ1) is 14.6. The van der Waals surface area contributed by atoms with Crippen LogP contribution >= 0.6 is 0 Å². The summed E-state index contributed by atoms with van der Waals surface area (Å²) in [5, 5.41) is 5.32. The zero-order valence-corrected chi connectivity index (χ0v) is 18.2. The van der Waals surface area contributed by atoms with Gasteiger partial charge in [0.05, 0.1) is 5.52 Å². The fraction of sp³-hybridized carbons (Fsp3) is 0.455. The average Bonchev–Trinajstić information content (AvgIpc) is 3.03. The van der Waals surface area contributed by atoms with Crippen molar-refractivity contribution in [3.8, 4) is 5.82 Å². The van der Waals surface area contributed by atoms with Gasteiger partial charge in [0.1, 0.15) is 5.60 Å². The van der Waals surface area contributed by atoms with Crippen LogP contribution in [-0.2, 0) is 11.8 Å². The molecule has 1 saturated heterocycles. The van der Waals surface area contributed by atoms with Gasteiger partial charge in [0, 0.05) is 37.8 Å². The first-order valence-electron chi connectivity index (χ1n) is 10.4. The summed E-state index contributed by atoms with van der Waals surface area (Å²) in [5.41, 5.74) is 0.622. The Kier molecular flexibility index (Phi) is 5.20. The lowest BCUT2D eigenvalue weighted by Gasteiger charge is -2.33. The van der Waals surface area contributed by atoms with Gasteiger partial charge in [0.15, 0.2) is 5.82 Å². The number of benzene rings is 1. The molecule has 9 nitrogen and oxygen atoms in total. The van der Waals surface area contributed by atoms with E-state index in [1.54, 1.807) is 9.58 Å². The van der Waals surface area contributed by atoms with E-state index >= 15 is 0 Å². The van der Waals surface area contributed by atoms with E-state index < -0.39 is 16.9 Å². The number of carbonyl (C=O) groups excluding carboxylic acids is 1. The number of H-pyrrole nitrogens is 1. The number of rotatable bonds is 2. The first-order valence-corrected chi connectivity index (χ1v) is 10.4. The summed E-state index contributed by atoms with van der Waals surface area (Å²) >= 11 is 0. The molecule has 3 heterocycles. The van der Waals surface area contributed by atoms with Crippen molar-refractivity contribution in [2.75, 3.05) is 13.1 Å². The van der Waals surface area contributed by atoms with Crippen LogP contribution in [0.25, 0.3) is 16.7 Å². The minimum Gasteiger partial charge on any atom is -0.444 e. The number of aryl methyl sites for hydroxylation is 1. The predicted molar refractivity (Wildman–Crippen MR) is 117 cm³/mol. The monoisotopic (exact) mass is 425 g/mol. The molecule has 1 N–H and O–H groups in total. The predicted octanol–water partition coefficient (Wildman–Crippen LogP) is 2.53. The summed E-state index contributed by atoms with van der Waals surface area (Å²) in [6.45, 7) is 6.92. The van der Waals surface area contributed by atoms with Gasteiger partial charge in [-0.15, -0.1) is 0 Å². The average molecular weight is 425 g/mol.